The SMILES string of the molecule is CC(=O)CCC(CC1(C)OCCO1)[N+](=O)[O-]. The van der Waals surface area contributed by atoms with E-state index in [2.05, 4.69) is 0 Å². The van der Waals surface area contributed by atoms with Gasteiger partial charge in [0.25, 0.3) is 0 Å². The van der Waals surface area contributed by atoms with Crippen LogP contribution in [0.15, 0.2) is 0 Å². The van der Waals surface area contributed by atoms with Gasteiger partial charge in [-0.3, -0.25) is 10.1 Å². The zero-order valence-electron chi connectivity index (χ0n) is 9.60. The van der Waals surface area contributed by atoms with Crippen LogP contribution in [0.2, 0.25) is 0 Å². The first kappa shape index (κ1) is 13.1. The highest BCUT2D eigenvalue weighted by atomic mass is 16.7. The summed E-state index contributed by atoms with van der Waals surface area (Å²) in [6.07, 6.45) is 0.652. The second-order valence-electron chi connectivity index (χ2n) is 4.21. The van der Waals surface area contributed by atoms with Gasteiger partial charge in [0.15, 0.2) is 5.79 Å². The minimum Gasteiger partial charge on any atom is -0.348 e. The molecule has 1 atom stereocenters. The Kier molecular flexibility index (Phi) is 4.37. The van der Waals surface area contributed by atoms with Crippen LogP contribution in [0.4, 0.5) is 0 Å². The fourth-order valence-electron chi connectivity index (χ4n) is 1.75. The lowest BCUT2D eigenvalue weighted by Crippen LogP contribution is -2.35. The summed E-state index contributed by atoms with van der Waals surface area (Å²) in [6, 6.07) is -0.785. The summed E-state index contributed by atoms with van der Waals surface area (Å²) in [4.78, 5) is 21.3. The Morgan fingerprint density at radius 2 is 2.06 bits per heavy atom. The molecule has 0 aromatic rings. The molecule has 1 rings (SSSR count). The highest BCUT2D eigenvalue weighted by molar-refractivity contribution is 5.75. The van der Waals surface area contributed by atoms with Crippen molar-refractivity contribution in [3.63, 3.8) is 0 Å². The van der Waals surface area contributed by atoms with Crippen LogP contribution in [-0.2, 0) is 14.3 Å². The molecule has 6 heteroatoms. The molecule has 92 valence electrons. The van der Waals surface area contributed by atoms with Crippen molar-refractivity contribution in [2.24, 2.45) is 0 Å². The molecule has 1 saturated heterocycles. The maximum absolute atomic E-state index is 10.8. The van der Waals surface area contributed by atoms with Crippen LogP contribution in [0.25, 0.3) is 0 Å². The quantitative estimate of drug-likeness (QED) is 0.506. The summed E-state index contributed by atoms with van der Waals surface area (Å²) < 4.78 is 10.6. The number of nitrogens with zero attached hydrogens (tertiary/aromatic N) is 1. The summed E-state index contributed by atoms with van der Waals surface area (Å²) in [5, 5.41) is 10.8. The van der Waals surface area contributed by atoms with E-state index in [-0.39, 0.29) is 30.0 Å². The number of hydrogen-bond donors (Lipinski definition) is 0. The maximum Gasteiger partial charge on any atom is 0.218 e. The summed E-state index contributed by atoms with van der Waals surface area (Å²) in [5.41, 5.74) is 0. The normalized spacial score (nSPS) is 20.6. The van der Waals surface area contributed by atoms with E-state index < -0.39 is 11.8 Å². The van der Waals surface area contributed by atoms with Gasteiger partial charge < -0.3 is 14.3 Å². The summed E-state index contributed by atoms with van der Waals surface area (Å²) >= 11 is 0. The van der Waals surface area contributed by atoms with Crippen molar-refractivity contribution in [3.8, 4) is 0 Å². The molecule has 1 aliphatic rings. The predicted molar refractivity (Wildman–Crippen MR) is 55.6 cm³/mol. The van der Waals surface area contributed by atoms with E-state index in [4.69, 9.17) is 9.47 Å². The fraction of sp³-hybridized carbons (Fsp3) is 0.900. The molecular formula is C10H17NO5. The number of nitro groups is 1. The predicted octanol–water partition coefficient (Wildman–Crippen LogP) is 1.15. The summed E-state index contributed by atoms with van der Waals surface area (Å²) in [7, 11) is 0. The molecule has 16 heavy (non-hydrogen) atoms. The van der Waals surface area contributed by atoms with E-state index in [0.29, 0.717) is 13.2 Å². The second kappa shape index (κ2) is 5.36. The average molecular weight is 231 g/mol. The highest BCUT2D eigenvalue weighted by Crippen LogP contribution is 2.26. The van der Waals surface area contributed by atoms with E-state index >= 15 is 0 Å². The molecule has 0 aromatic heterocycles. The molecule has 0 amide bonds. The molecule has 0 saturated carbocycles. The molecule has 6 nitrogen and oxygen atoms in total. The third kappa shape index (κ3) is 3.86. The van der Waals surface area contributed by atoms with Crippen LogP contribution >= 0.6 is 0 Å². The smallest absolute Gasteiger partial charge is 0.218 e. The van der Waals surface area contributed by atoms with E-state index in [1.54, 1.807) is 6.92 Å². The van der Waals surface area contributed by atoms with E-state index in [1.807, 2.05) is 0 Å². The van der Waals surface area contributed by atoms with Crippen molar-refractivity contribution in [3.05, 3.63) is 10.1 Å². The summed E-state index contributed by atoms with van der Waals surface area (Å²) in [5.74, 6) is -0.903. The monoisotopic (exact) mass is 231 g/mol. The van der Waals surface area contributed by atoms with Gasteiger partial charge in [-0.2, -0.15) is 0 Å². The third-order valence-electron chi connectivity index (χ3n) is 2.63. The van der Waals surface area contributed by atoms with Gasteiger partial charge in [0, 0.05) is 17.8 Å². The van der Waals surface area contributed by atoms with Gasteiger partial charge in [-0.05, 0) is 13.8 Å². The van der Waals surface area contributed by atoms with Crippen LogP contribution in [0.5, 0.6) is 0 Å². The molecule has 0 aromatic carbocycles. The number of Topliss-reactive ketones (excluding diaryl/α,β-unsaturated/α-hetero) is 1. The zero-order valence-corrected chi connectivity index (χ0v) is 9.60. The Hall–Kier alpha value is -1.01. The van der Waals surface area contributed by atoms with Crippen LogP contribution in [0.3, 0.4) is 0 Å². The second-order valence-corrected chi connectivity index (χ2v) is 4.21. The lowest BCUT2D eigenvalue weighted by molar-refractivity contribution is -0.530. The van der Waals surface area contributed by atoms with Gasteiger partial charge in [-0.1, -0.05) is 0 Å². The lowest BCUT2D eigenvalue weighted by Gasteiger charge is -2.23. The Bertz CT molecular complexity index is 272. The van der Waals surface area contributed by atoms with Crippen LogP contribution in [0.1, 0.15) is 33.1 Å². The molecule has 0 bridgehead atoms. The molecule has 0 aliphatic carbocycles. The van der Waals surface area contributed by atoms with E-state index in [9.17, 15) is 14.9 Å². The highest BCUT2D eigenvalue weighted by Gasteiger charge is 2.38. The molecule has 1 heterocycles. The lowest BCUT2D eigenvalue weighted by atomic mass is 10.0. The van der Waals surface area contributed by atoms with Gasteiger partial charge in [0.05, 0.1) is 19.6 Å². The number of ketones is 1. The molecule has 1 aliphatic heterocycles. The summed E-state index contributed by atoms with van der Waals surface area (Å²) in [6.45, 7) is 4.06. The number of carbonyl (C=O) groups excluding carboxylic acids is 1. The molecule has 0 spiro atoms. The molecular weight excluding hydrogens is 214 g/mol. The first-order valence-corrected chi connectivity index (χ1v) is 5.34. The third-order valence-corrected chi connectivity index (χ3v) is 2.63. The molecule has 0 N–H and O–H groups in total. The first-order valence-electron chi connectivity index (χ1n) is 5.34. The minimum atomic E-state index is -0.867. The standard InChI is InChI=1S/C10H17NO5/c1-8(12)3-4-9(11(13)14)7-10(2)15-5-6-16-10/h9H,3-7H2,1-2H3. The zero-order chi connectivity index (χ0) is 12.2. The largest absolute Gasteiger partial charge is 0.348 e. The number of hydrogen-bond acceptors (Lipinski definition) is 5. The van der Waals surface area contributed by atoms with Crippen molar-refractivity contribution < 1.29 is 19.2 Å². The van der Waals surface area contributed by atoms with Crippen molar-refractivity contribution in [1.82, 2.24) is 0 Å². The van der Waals surface area contributed by atoms with Crippen molar-refractivity contribution in [2.45, 2.75) is 44.9 Å². The van der Waals surface area contributed by atoms with E-state index in [1.165, 1.54) is 6.92 Å². The number of rotatable bonds is 6. The number of ether oxygens (including phenoxy) is 2. The minimum absolute atomic E-state index is 0.0368. The molecule has 0 radical (unpaired) electrons. The van der Waals surface area contributed by atoms with Gasteiger partial charge >= 0.3 is 0 Å². The van der Waals surface area contributed by atoms with Gasteiger partial charge in [-0.25, -0.2) is 0 Å². The van der Waals surface area contributed by atoms with Crippen LogP contribution < -0.4 is 0 Å². The average Bonchev–Trinajstić information content (AvgIpc) is 2.59. The molecule has 1 fully saturated rings. The fourth-order valence-corrected chi connectivity index (χ4v) is 1.75. The van der Waals surface area contributed by atoms with Gasteiger partial charge in [0.1, 0.15) is 5.78 Å². The van der Waals surface area contributed by atoms with Crippen molar-refractivity contribution in [1.29, 1.82) is 0 Å². The molecule has 1 unspecified atom stereocenters. The Balaban J connectivity index is 2.50. The van der Waals surface area contributed by atoms with Gasteiger partial charge in [0.2, 0.25) is 6.04 Å². The van der Waals surface area contributed by atoms with E-state index in [0.717, 1.165) is 0 Å². The maximum atomic E-state index is 10.8. The van der Waals surface area contributed by atoms with Crippen molar-refractivity contribution >= 4 is 5.78 Å². The first-order chi connectivity index (χ1) is 7.43. The topological polar surface area (TPSA) is 78.7 Å². The van der Waals surface area contributed by atoms with Gasteiger partial charge in [-0.15, -0.1) is 0 Å². The van der Waals surface area contributed by atoms with Crippen molar-refractivity contribution in [2.75, 3.05) is 13.2 Å². The van der Waals surface area contributed by atoms with Crippen LogP contribution in [0, 0.1) is 10.1 Å². The Labute approximate surface area is 94.1 Å². The Morgan fingerprint density at radius 1 is 1.50 bits per heavy atom. The van der Waals surface area contributed by atoms with Crippen LogP contribution in [-0.4, -0.2) is 35.7 Å². The Morgan fingerprint density at radius 3 is 2.50 bits per heavy atom. The number of carbonyl (C=O) groups is 1.